The molecule has 0 aliphatic rings. The molecule has 0 aliphatic carbocycles. The second-order valence-electron chi connectivity index (χ2n) is 5.52. The van der Waals surface area contributed by atoms with E-state index in [2.05, 4.69) is 52.8 Å². The number of rotatable bonds is 3. The first-order chi connectivity index (χ1) is 11.0. The van der Waals surface area contributed by atoms with Crippen molar-refractivity contribution in [1.29, 1.82) is 0 Å². The predicted octanol–water partition coefficient (Wildman–Crippen LogP) is 2.99. The van der Waals surface area contributed by atoms with Crippen molar-refractivity contribution < 1.29 is 4.74 Å². The standard InChI is InChI=1S/C17H19N5O/c1-5-23-16-14-15(21-17(18)22-16)19-8-12(20-14)13-10(3)6-9(2)7-11(13)4/h6-8H,5H2,1-4H3,(H2,18,19,21,22). The van der Waals surface area contributed by atoms with Gasteiger partial charge in [0.05, 0.1) is 18.5 Å². The summed E-state index contributed by atoms with van der Waals surface area (Å²) in [5, 5.41) is 0. The minimum absolute atomic E-state index is 0.130. The number of nitrogen functional groups attached to an aromatic ring is 1. The number of hydrogen-bond donors (Lipinski definition) is 1. The molecule has 0 bridgehead atoms. The summed E-state index contributed by atoms with van der Waals surface area (Å²) >= 11 is 0. The van der Waals surface area contributed by atoms with E-state index in [1.54, 1.807) is 6.20 Å². The lowest BCUT2D eigenvalue weighted by Gasteiger charge is -2.12. The van der Waals surface area contributed by atoms with Crippen LogP contribution in [0.5, 0.6) is 5.88 Å². The maximum atomic E-state index is 5.70. The fourth-order valence-electron chi connectivity index (χ4n) is 2.84. The van der Waals surface area contributed by atoms with Crippen molar-refractivity contribution in [1.82, 2.24) is 19.9 Å². The number of benzene rings is 1. The summed E-state index contributed by atoms with van der Waals surface area (Å²) < 4.78 is 5.54. The van der Waals surface area contributed by atoms with E-state index >= 15 is 0 Å². The summed E-state index contributed by atoms with van der Waals surface area (Å²) in [5.74, 6) is 0.498. The number of hydrogen-bond acceptors (Lipinski definition) is 6. The SMILES string of the molecule is CCOc1nc(N)nc2ncc(-c3c(C)cc(C)cc3C)nc12. The second-order valence-corrected chi connectivity index (χ2v) is 5.52. The Labute approximate surface area is 134 Å². The maximum Gasteiger partial charge on any atom is 0.247 e. The largest absolute Gasteiger partial charge is 0.476 e. The molecule has 0 spiro atoms. The van der Waals surface area contributed by atoms with Gasteiger partial charge in [-0.3, -0.25) is 0 Å². The zero-order valence-electron chi connectivity index (χ0n) is 13.7. The fourth-order valence-corrected chi connectivity index (χ4v) is 2.84. The summed E-state index contributed by atoms with van der Waals surface area (Å²) in [7, 11) is 0. The van der Waals surface area contributed by atoms with Crippen LogP contribution < -0.4 is 10.5 Å². The van der Waals surface area contributed by atoms with E-state index in [0.717, 1.165) is 22.4 Å². The highest BCUT2D eigenvalue weighted by Gasteiger charge is 2.14. The van der Waals surface area contributed by atoms with Crippen LogP contribution in [0.3, 0.4) is 0 Å². The van der Waals surface area contributed by atoms with Crippen LogP contribution in [0.25, 0.3) is 22.4 Å². The average molecular weight is 309 g/mol. The highest BCUT2D eigenvalue weighted by atomic mass is 16.5. The summed E-state index contributed by atoms with van der Waals surface area (Å²) in [6.07, 6.45) is 1.72. The molecule has 0 atom stereocenters. The monoisotopic (exact) mass is 309 g/mol. The van der Waals surface area contributed by atoms with E-state index in [9.17, 15) is 0 Å². The first-order valence-electron chi connectivity index (χ1n) is 7.51. The van der Waals surface area contributed by atoms with E-state index in [1.807, 2.05) is 6.92 Å². The Kier molecular flexibility index (Phi) is 3.82. The number of nitrogens with zero attached hydrogens (tertiary/aromatic N) is 4. The molecule has 0 amide bonds. The molecule has 2 N–H and O–H groups in total. The van der Waals surface area contributed by atoms with E-state index < -0.39 is 0 Å². The molecule has 0 unspecified atom stereocenters. The van der Waals surface area contributed by atoms with Crippen LogP contribution in [-0.4, -0.2) is 26.5 Å². The number of nitrogens with two attached hydrogens (primary N) is 1. The van der Waals surface area contributed by atoms with Crippen LogP contribution in [-0.2, 0) is 0 Å². The number of anilines is 1. The predicted molar refractivity (Wildman–Crippen MR) is 90.4 cm³/mol. The molecule has 2 aromatic heterocycles. The lowest BCUT2D eigenvalue weighted by atomic mass is 9.97. The van der Waals surface area contributed by atoms with Crippen LogP contribution in [0.1, 0.15) is 23.6 Å². The van der Waals surface area contributed by atoms with Gasteiger partial charge < -0.3 is 10.5 Å². The van der Waals surface area contributed by atoms with Crippen molar-refractivity contribution in [3.8, 4) is 17.1 Å². The minimum Gasteiger partial charge on any atom is -0.476 e. The van der Waals surface area contributed by atoms with Crippen LogP contribution in [0.4, 0.5) is 5.95 Å². The molecule has 1 aromatic carbocycles. The molecule has 23 heavy (non-hydrogen) atoms. The number of aromatic nitrogens is 4. The van der Waals surface area contributed by atoms with Gasteiger partial charge in [-0.25, -0.2) is 9.97 Å². The van der Waals surface area contributed by atoms with Gasteiger partial charge in [-0.15, -0.1) is 0 Å². The molecule has 0 saturated heterocycles. The van der Waals surface area contributed by atoms with Crippen molar-refractivity contribution >= 4 is 17.1 Å². The molecular formula is C17H19N5O. The van der Waals surface area contributed by atoms with E-state index in [-0.39, 0.29) is 5.95 Å². The topological polar surface area (TPSA) is 86.8 Å². The van der Waals surface area contributed by atoms with Gasteiger partial charge >= 0.3 is 0 Å². The minimum atomic E-state index is 0.130. The Morgan fingerprint density at radius 1 is 1.04 bits per heavy atom. The van der Waals surface area contributed by atoms with E-state index in [4.69, 9.17) is 10.5 Å². The van der Waals surface area contributed by atoms with Gasteiger partial charge in [-0.1, -0.05) is 17.7 Å². The van der Waals surface area contributed by atoms with Gasteiger partial charge in [0.25, 0.3) is 0 Å². The summed E-state index contributed by atoms with van der Waals surface area (Å²) in [6, 6.07) is 4.27. The molecule has 0 fully saturated rings. The molecule has 6 nitrogen and oxygen atoms in total. The first-order valence-corrected chi connectivity index (χ1v) is 7.51. The Hall–Kier alpha value is -2.76. The third-order valence-corrected chi connectivity index (χ3v) is 3.61. The molecular weight excluding hydrogens is 290 g/mol. The normalized spacial score (nSPS) is 11.0. The highest BCUT2D eigenvalue weighted by Crippen LogP contribution is 2.29. The molecule has 0 saturated carbocycles. The van der Waals surface area contributed by atoms with Gasteiger partial charge in [0.15, 0.2) is 11.2 Å². The van der Waals surface area contributed by atoms with Crippen molar-refractivity contribution in [2.24, 2.45) is 0 Å². The van der Waals surface area contributed by atoms with Gasteiger partial charge in [-0.2, -0.15) is 9.97 Å². The summed E-state index contributed by atoms with van der Waals surface area (Å²) in [5.41, 5.74) is 12.1. The Morgan fingerprint density at radius 2 is 1.74 bits per heavy atom. The van der Waals surface area contributed by atoms with E-state index in [0.29, 0.717) is 23.7 Å². The van der Waals surface area contributed by atoms with Crippen molar-refractivity contribution in [3.05, 3.63) is 35.0 Å². The van der Waals surface area contributed by atoms with Gasteiger partial charge in [0, 0.05) is 5.56 Å². The molecule has 118 valence electrons. The summed E-state index contributed by atoms with van der Waals surface area (Å²) in [4.78, 5) is 17.3. The van der Waals surface area contributed by atoms with Crippen molar-refractivity contribution in [2.45, 2.75) is 27.7 Å². The summed E-state index contributed by atoms with van der Waals surface area (Å²) in [6.45, 7) is 8.59. The average Bonchev–Trinajstić information content (AvgIpc) is 2.47. The molecule has 2 heterocycles. The smallest absolute Gasteiger partial charge is 0.247 e. The number of ether oxygens (including phenoxy) is 1. The van der Waals surface area contributed by atoms with Crippen molar-refractivity contribution in [2.75, 3.05) is 12.3 Å². The Morgan fingerprint density at radius 3 is 2.39 bits per heavy atom. The quantitative estimate of drug-likeness (QED) is 0.800. The van der Waals surface area contributed by atoms with Gasteiger partial charge in [0.2, 0.25) is 11.8 Å². The maximum absolute atomic E-state index is 5.70. The zero-order valence-corrected chi connectivity index (χ0v) is 13.7. The third-order valence-electron chi connectivity index (χ3n) is 3.61. The van der Waals surface area contributed by atoms with Crippen LogP contribution in [0.2, 0.25) is 0 Å². The van der Waals surface area contributed by atoms with Crippen LogP contribution in [0.15, 0.2) is 18.3 Å². The zero-order chi connectivity index (χ0) is 16.6. The van der Waals surface area contributed by atoms with Crippen molar-refractivity contribution in [3.63, 3.8) is 0 Å². The molecule has 0 radical (unpaired) electrons. The molecule has 3 aromatic rings. The van der Waals surface area contributed by atoms with E-state index in [1.165, 1.54) is 5.56 Å². The van der Waals surface area contributed by atoms with Gasteiger partial charge in [-0.05, 0) is 38.8 Å². The highest BCUT2D eigenvalue weighted by molar-refractivity contribution is 5.80. The Bertz CT molecular complexity index is 869. The molecule has 6 heteroatoms. The fraction of sp³-hybridized carbons (Fsp3) is 0.294. The Balaban J connectivity index is 2.24. The van der Waals surface area contributed by atoms with Crippen LogP contribution >= 0.6 is 0 Å². The second kappa shape index (κ2) is 5.79. The lowest BCUT2D eigenvalue weighted by Crippen LogP contribution is -2.04. The lowest BCUT2D eigenvalue weighted by molar-refractivity contribution is 0.330. The molecule has 0 aliphatic heterocycles. The number of fused-ring (bicyclic) bond motifs is 1. The van der Waals surface area contributed by atoms with Crippen LogP contribution in [0, 0.1) is 20.8 Å². The van der Waals surface area contributed by atoms with Gasteiger partial charge in [0.1, 0.15) is 0 Å². The molecule has 3 rings (SSSR count). The number of aryl methyl sites for hydroxylation is 3. The first kappa shape index (κ1) is 15.1. The third kappa shape index (κ3) is 2.79.